The molecule has 2 N–H and O–H groups in total. The molecule has 2 rings (SSSR count). The van der Waals surface area contributed by atoms with Gasteiger partial charge in [0.15, 0.2) is 5.76 Å². The molecule has 2 aromatic heterocycles. The second kappa shape index (κ2) is 3.40. The zero-order chi connectivity index (χ0) is 9.10. The van der Waals surface area contributed by atoms with Crippen LogP contribution in [0.4, 0.5) is 0 Å². The standard InChI is InChI=1S/C8H10N4O/c9-5-7-4-8(13-11-7)6-12-3-1-2-10-12/h1-4H,5-6,9H2. The fraction of sp³-hybridized carbons (Fsp3) is 0.250. The third-order valence-corrected chi connectivity index (χ3v) is 1.69. The van der Waals surface area contributed by atoms with Crippen molar-refractivity contribution in [2.24, 2.45) is 5.73 Å². The van der Waals surface area contributed by atoms with Crippen molar-refractivity contribution in [2.45, 2.75) is 13.1 Å². The Kier molecular flexibility index (Phi) is 2.09. The summed E-state index contributed by atoms with van der Waals surface area (Å²) in [4.78, 5) is 0. The molecule has 13 heavy (non-hydrogen) atoms. The molecular formula is C8H10N4O. The lowest BCUT2D eigenvalue weighted by Crippen LogP contribution is -1.98. The van der Waals surface area contributed by atoms with E-state index in [2.05, 4.69) is 10.3 Å². The number of nitrogens with zero attached hydrogens (tertiary/aromatic N) is 3. The van der Waals surface area contributed by atoms with Crippen molar-refractivity contribution >= 4 is 0 Å². The first-order valence-electron chi connectivity index (χ1n) is 4.00. The van der Waals surface area contributed by atoms with Crippen LogP contribution in [0.3, 0.4) is 0 Å². The van der Waals surface area contributed by atoms with Crippen molar-refractivity contribution in [3.8, 4) is 0 Å². The van der Waals surface area contributed by atoms with Crippen LogP contribution >= 0.6 is 0 Å². The molecule has 0 aliphatic rings. The molecule has 5 heteroatoms. The summed E-state index contributed by atoms with van der Waals surface area (Å²) in [6, 6.07) is 3.70. The zero-order valence-electron chi connectivity index (χ0n) is 7.05. The Morgan fingerprint density at radius 2 is 2.46 bits per heavy atom. The molecule has 0 aliphatic heterocycles. The van der Waals surface area contributed by atoms with Crippen LogP contribution in [-0.2, 0) is 13.1 Å². The maximum atomic E-state index is 5.39. The average Bonchev–Trinajstić information content (AvgIpc) is 2.76. The van der Waals surface area contributed by atoms with Crippen LogP contribution in [0.15, 0.2) is 29.0 Å². The van der Waals surface area contributed by atoms with Gasteiger partial charge in [-0.25, -0.2) is 0 Å². The van der Waals surface area contributed by atoms with E-state index in [4.69, 9.17) is 10.3 Å². The summed E-state index contributed by atoms with van der Waals surface area (Å²) in [5.74, 6) is 0.768. The van der Waals surface area contributed by atoms with Gasteiger partial charge >= 0.3 is 0 Å². The van der Waals surface area contributed by atoms with Crippen molar-refractivity contribution in [1.82, 2.24) is 14.9 Å². The molecule has 2 aromatic rings. The smallest absolute Gasteiger partial charge is 0.158 e. The van der Waals surface area contributed by atoms with Crippen molar-refractivity contribution in [3.05, 3.63) is 36.0 Å². The quantitative estimate of drug-likeness (QED) is 0.737. The molecule has 0 radical (unpaired) electrons. The van der Waals surface area contributed by atoms with Gasteiger partial charge in [0.2, 0.25) is 0 Å². The Bertz CT molecular complexity index is 365. The van der Waals surface area contributed by atoms with Crippen LogP contribution in [0.1, 0.15) is 11.5 Å². The molecule has 0 saturated carbocycles. The van der Waals surface area contributed by atoms with Gasteiger partial charge in [-0.05, 0) is 6.07 Å². The third kappa shape index (κ3) is 1.75. The highest BCUT2D eigenvalue weighted by atomic mass is 16.5. The van der Waals surface area contributed by atoms with Gasteiger partial charge in [-0.2, -0.15) is 5.10 Å². The maximum absolute atomic E-state index is 5.39. The van der Waals surface area contributed by atoms with E-state index in [1.807, 2.05) is 18.3 Å². The largest absolute Gasteiger partial charge is 0.359 e. The van der Waals surface area contributed by atoms with Gasteiger partial charge in [-0.3, -0.25) is 4.68 Å². The summed E-state index contributed by atoms with van der Waals surface area (Å²) >= 11 is 0. The van der Waals surface area contributed by atoms with E-state index in [9.17, 15) is 0 Å². The molecule has 68 valence electrons. The van der Waals surface area contributed by atoms with E-state index in [1.165, 1.54) is 0 Å². The van der Waals surface area contributed by atoms with Crippen LogP contribution in [0.25, 0.3) is 0 Å². The molecule has 0 unspecified atom stereocenters. The number of hydrogen-bond donors (Lipinski definition) is 1. The molecule has 0 fully saturated rings. The molecule has 0 bridgehead atoms. The van der Waals surface area contributed by atoms with Crippen molar-refractivity contribution in [3.63, 3.8) is 0 Å². The first-order chi connectivity index (χ1) is 6.38. The Morgan fingerprint density at radius 1 is 1.54 bits per heavy atom. The Balaban J connectivity index is 2.10. The van der Waals surface area contributed by atoms with Crippen LogP contribution in [-0.4, -0.2) is 14.9 Å². The van der Waals surface area contributed by atoms with Gasteiger partial charge in [0.1, 0.15) is 6.54 Å². The summed E-state index contributed by atoms with van der Waals surface area (Å²) in [6.07, 6.45) is 3.59. The molecule has 0 amide bonds. The monoisotopic (exact) mass is 178 g/mol. The topological polar surface area (TPSA) is 69.9 Å². The van der Waals surface area contributed by atoms with Crippen LogP contribution in [0, 0.1) is 0 Å². The van der Waals surface area contributed by atoms with E-state index >= 15 is 0 Å². The Morgan fingerprint density at radius 3 is 3.08 bits per heavy atom. The van der Waals surface area contributed by atoms with E-state index in [-0.39, 0.29) is 0 Å². The molecule has 0 spiro atoms. The fourth-order valence-electron chi connectivity index (χ4n) is 1.08. The number of aromatic nitrogens is 3. The maximum Gasteiger partial charge on any atom is 0.158 e. The second-order valence-electron chi connectivity index (χ2n) is 2.69. The summed E-state index contributed by atoms with van der Waals surface area (Å²) in [5.41, 5.74) is 6.16. The third-order valence-electron chi connectivity index (χ3n) is 1.69. The summed E-state index contributed by atoms with van der Waals surface area (Å²) < 4.78 is 6.80. The SMILES string of the molecule is NCc1cc(Cn2cccn2)on1. The Labute approximate surface area is 75.1 Å². The van der Waals surface area contributed by atoms with Gasteiger partial charge < -0.3 is 10.3 Å². The highest BCUT2D eigenvalue weighted by molar-refractivity contribution is 5.05. The molecule has 0 aliphatic carbocycles. The van der Waals surface area contributed by atoms with Gasteiger partial charge in [0, 0.05) is 25.0 Å². The number of hydrogen-bond acceptors (Lipinski definition) is 4. The highest BCUT2D eigenvalue weighted by Crippen LogP contribution is 2.04. The lowest BCUT2D eigenvalue weighted by molar-refractivity contribution is 0.366. The molecular weight excluding hydrogens is 168 g/mol. The molecule has 2 heterocycles. The van der Waals surface area contributed by atoms with E-state index in [0.717, 1.165) is 11.5 Å². The minimum Gasteiger partial charge on any atom is -0.359 e. The van der Waals surface area contributed by atoms with Crippen LogP contribution in [0.2, 0.25) is 0 Å². The van der Waals surface area contributed by atoms with Crippen LogP contribution < -0.4 is 5.73 Å². The average molecular weight is 178 g/mol. The van der Waals surface area contributed by atoms with Crippen molar-refractivity contribution < 1.29 is 4.52 Å². The lowest BCUT2D eigenvalue weighted by Gasteiger charge is -1.93. The number of nitrogens with two attached hydrogens (primary N) is 1. The van der Waals surface area contributed by atoms with Crippen molar-refractivity contribution in [2.75, 3.05) is 0 Å². The van der Waals surface area contributed by atoms with E-state index in [1.54, 1.807) is 10.9 Å². The zero-order valence-corrected chi connectivity index (χ0v) is 7.05. The van der Waals surface area contributed by atoms with Gasteiger partial charge in [-0.1, -0.05) is 5.16 Å². The van der Waals surface area contributed by atoms with Gasteiger partial charge in [0.05, 0.1) is 5.69 Å². The molecule has 0 aromatic carbocycles. The van der Waals surface area contributed by atoms with E-state index < -0.39 is 0 Å². The minimum atomic E-state index is 0.405. The fourth-order valence-corrected chi connectivity index (χ4v) is 1.08. The lowest BCUT2D eigenvalue weighted by atomic mass is 10.3. The van der Waals surface area contributed by atoms with Crippen molar-refractivity contribution in [1.29, 1.82) is 0 Å². The summed E-state index contributed by atoms with van der Waals surface area (Å²) in [6.45, 7) is 1.00. The van der Waals surface area contributed by atoms with E-state index in [0.29, 0.717) is 13.1 Å². The molecule has 0 atom stereocenters. The number of rotatable bonds is 3. The molecule has 5 nitrogen and oxygen atoms in total. The summed E-state index contributed by atoms with van der Waals surface area (Å²) in [7, 11) is 0. The van der Waals surface area contributed by atoms with Crippen LogP contribution in [0.5, 0.6) is 0 Å². The Hall–Kier alpha value is -1.62. The predicted molar refractivity (Wildman–Crippen MR) is 45.7 cm³/mol. The second-order valence-corrected chi connectivity index (χ2v) is 2.69. The first kappa shape index (κ1) is 8.00. The van der Waals surface area contributed by atoms with Gasteiger partial charge in [-0.15, -0.1) is 0 Å². The normalized spacial score (nSPS) is 10.5. The van der Waals surface area contributed by atoms with Gasteiger partial charge in [0.25, 0.3) is 0 Å². The minimum absolute atomic E-state index is 0.405. The predicted octanol–water partition coefficient (Wildman–Crippen LogP) is 0.378. The molecule has 0 saturated heterocycles. The summed E-state index contributed by atoms with van der Waals surface area (Å²) in [5, 5.41) is 7.82. The first-order valence-corrected chi connectivity index (χ1v) is 4.00. The highest BCUT2D eigenvalue weighted by Gasteiger charge is 2.02.